The molecule has 2 aromatic carbocycles. The third-order valence-electron chi connectivity index (χ3n) is 3.25. The number of nitrogens with zero attached hydrogens (tertiary/aromatic N) is 3. The predicted molar refractivity (Wildman–Crippen MR) is 78.5 cm³/mol. The molecule has 0 bridgehead atoms. The van der Waals surface area contributed by atoms with Crippen molar-refractivity contribution in [2.75, 3.05) is 0 Å². The highest BCUT2D eigenvalue weighted by Gasteiger charge is 2.13. The van der Waals surface area contributed by atoms with Gasteiger partial charge < -0.3 is 0 Å². The van der Waals surface area contributed by atoms with Crippen LogP contribution >= 0.6 is 11.3 Å². The van der Waals surface area contributed by atoms with Crippen molar-refractivity contribution in [3.05, 3.63) is 54.1 Å². The van der Waals surface area contributed by atoms with Gasteiger partial charge in [0.25, 0.3) is 0 Å². The largest absolute Gasteiger partial charge is 0.265 e. The van der Waals surface area contributed by atoms with Crippen molar-refractivity contribution in [3.8, 4) is 11.4 Å². The molecule has 0 saturated heterocycles. The fourth-order valence-corrected chi connectivity index (χ4v) is 3.23. The number of hydrogen-bond donors (Lipinski definition) is 0. The summed E-state index contributed by atoms with van der Waals surface area (Å²) in [6, 6.07) is 16.7. The van der Waals surface area contributed by atoms with Gasteiger partial charge >= 0.3 is 0 Å². The number of benzene rings is 2. The molecule has 4 aromatic rings. The highest BCUT2D eigenvalue weighted by Crippen LogP contribution is 2.29. The predicted octanol–water partition coefficient (Wildman–Crippen LogP) is 3.92. The molecule has 92 valence electrons. The molecule has 0 radical (unpaired) electrons. The number of rotatable bonds is 1. The van der Waals surface area contributed by atoms with Crippen molar-refractivity contribution in [3.63, 3.8) is 0 Å². The first-order valence-electron chi connectivity index (χ1n) is 6.12. The molecular formula is C15H11N3S. The lowest BCUT2D eigenvalue weighted by Gasteiger charge is -1.99. The molecule has 4 heteroatoms. The van der Waals surface area contributed by atoms with E-state index in [9.17, 15) is 0 Å². The number of aromatic nitrogens is 3. The Morgan fingerprint density at radius 3 is 2.58 bits per heavy atom. The van der Waals surface area contributed by atoms with E-state index in [0.717, 1.165) is 16.3 Å². The van der Waals surface area contributed by atoms with Gasteiger partial charge in [-0.05, 0) is 19.1 Å². The number of aryl methyl sites for hydroxylation is 1. The van der Waals surface area contributed by atoms with Crippen molar-refractivity contribution >= 4 is 26.5 Å². The highest BCUT2D eigenvalue weighted by atomic mass is 32.1. The Balaban J connectivity index is 2.06. The van der Waals surface area contributed by atoms with Crippen LogP contribution in [0.3, 0.4) is 0 Å². The maximum absolute atomic E-state index is 4.33. The Morgan fingerprint density at radius 1 is 0.947 bits per heavy atom. The van der Waals surface area contributed by atoms with Crippen LogP contribution in [-0.2, 0) is 0 Å². The summed E-state index contributed by atoms with van der Waals surface area (Å²) < 4.78 is 3.37. The van der Waals surface area contributed by atoms with E-state index in [1.807, 2.05) is 6.07 Å². The maximum atomic E-state index is 4.33. The van der Waals surface area contributed by atoms with Crippen LogP contribution in [0.2, 0.25) is 0 Å². The summed E-state index contributed by atoms with van der Waals surface area (Å²) in [5.74, 6) is 0.910. The van der Waals surface area contributed by atoms with Crippen LogP contribution in [0.4, 0.5) is 0 Å². The number of para-hydroxylation sites is 1. The fourth-order valence-electron chi connectivity index (χ4n) is 2.27. The Kier molecular flexibility index (Phi) is 2.19. The van der Waals surface area contributed by atoms with Crippen LogP contribution in [0.15, 0.2) is 48.5 Å². The van der Waals surface area contributed by atoms with E-state index in [-0.39, 0.29) is 0 Å². The van der Waals surface area contributed by atoms with E-state index in [1.54, 1.807) is 11.3 Å². The number of hydrogen-bond acceptors (Lipinski definition) is 3. The van der Waals surface area contributed by atoms with Gasteiger partial charge in [-0.3, -0.25) is 4.40 Å². The molecule has 0 aliphatic rings. The van der Waals surface area contributed by atoms with E-state index in [1.165, 1.54) is 15.8 Å². The van der Waals surface area contributed by atoms with Crippen molar-refractivity contribution in [1.82, 2.24) is 14.6 Å². The van der Waals surface area contributed by atoms with Crippen molar-refractivity contribution in [2.24, 2.45) is 0 Å². The Hall–Kier alpha value is -2.20. The zero-order chi connectivity index (χ0) is 12.8. The van der Waals surface area contributed by atoms with Gasteiger partial charge in [-0.15, -0.1) is 10.2 Å². The summed E-state index contributed by atoms with van der Waals surface area (Å²) in [5, 5.41) is 8.61. The third kappa shape index (κ3) is 1.57. The summed E-state index contributed by atoms with van der Waals surface area (Å²) in [6.45, 7) is 2.09. The highest BCUT2D eigenvalue weighted by molar-refractivity contribution is 7.23. The van der Waals surface area contributed by atoms with E-state index < -0.39 is 0 Å². The minimum atomic E-state index is 0.910. The normalized spacial score (nSPS) is 11.4. The van der Waals surface area contributed by atoms with Gasteiger partial charge in [0, 0.05) is 5.56 Å². The summed E-state index contributed by atoms with van der Waals surface area (Å²) in [4.78, 5) is 0.941. The molecule has 2 heterocycles. The molecule has 0 saturated carbocycles. The molecule has 2 aromatic heterocycles. The monoisotopic (exact) mass is 265 g/mol. The van der Waals surface area contributed by atoms with Gasteiger partial charge in [-0.1, -0.05) is 53.3 Å². The topological polar surface area (TPSA) is 30.2 Å². The van der Waals surface area contributed by atoms with Crippen LogP contribution in [0.25, 0.3) is 26.6 Å². The van der Waals surface area contributed by atoms with E-state index >= 15 is 0 Å². The van der Waals surface area contributed by atoms with Crippen LogP contribution in [-0.4, -0.2) is 14.6 Å². The van der Waals surface area contributed by atoms with E-state index in [2.05, 4.69) is 64.0 Å². The molecule has 0 atom stereocenters. The Labute approximate surface area is 114 Å². The average Bonchev–Trinajstić information content (AvgIpc) is 2.98. The zero-order valence-corrected chi connectivity index (χ0v) is 11.2. The van der Waals surface area contributed by atoms with Gasteiger partial charge in [0.1, 0.15) is 0 Å². The SMILES string of the molecule is Cc1ccc(-c2nnc3sc4ccccc4n23)cc1. The van der Waals surface area contributed by atoms with Crippen LogP contribution in [0.5, 0.6) is 0 Å². The number of fused-ring (bicyclic) bond motifs is 3. The Morgan fingerprint density at radius 2 is 1.74 bits per heavy atom. The van der Waals surface area contributed by atoms with E-state index in [0.29, 0.717) is 0 Å². The third-order valence-corrected chi connectivity index (χ3v) is 4.26. The molecule has 0 fully saturated rings. The average molecular weight is 265 g/mol. The minimum Gasteiger partial charge on any atom is -0.265 e. The molecule has 0 unspecified atom stereocenters. The van der Waals surface area contributed by atoms with Crippen molar-refractivity contribution < 1.29 is 0 Å². The van der Waals surface area contributed by atoms with Gasteiger partial charge in [0.15, 0.2) is 5.82 Å². The van der Waals surface area contributed by atoms with Crippen LogP contribution < -0.4 is 0 Å². The van der Waals surface area contributed by atoms with Gasteiger partial charge in [-0.25, -0.2) is 0 Å². The first kappa shape index (κ1) is 10.7. The van der Waals surface area contributed by atoms with Crippen molar-refractivity contribution in [1.29, 1.82) is 0 Å². The van der Waals surface area contributed by atoms with Crippen molar-refractivity contribution in [2.45, 2.75) is 6.92 Å². The van der Waals surface area contributed by atoms with Crippen LogP contribution in [0.1, 0.15) is 5.56 Å². The molecule has 0 aliphatic heterocycles. The quantitative estimate of drug-likeness (QED) is 0.522. The Bertz CT molecular complexity index is 871. The lowest BCUT2D eigenvalue weighted by molar-refractivity contribution is 1.12. The molecule has 19 heavy (non-hydrogen) atoms. The maximum Gasteiger partial charge on any atom is 0.217 e. The fraction of sp³-hybridized carbons (Fsp3) is 0.0667. The molecule has 4 rings (SSSR count). The first-order valence-corrected chi connectivity index (χ1v) is 6.94. The summed E-state index contributed by atoms with van der Waals surface area (Å²) >= 11 is 1.67. The second-order valence-electron chi connectivity index (χ2n) is 4.58. The standard InChI is InChI=1S/C15H11N3S/c1-10-6-8-11(9-7-10)14-16-17-15-18(14)12-4-2-3-5-13(12)19-15/h2-9H,1H3. The molecule has 0 spiro atoms. The minimum absolute atomic E-state index is 0.910. The zero-order valence-electron chi connectivity index (χ0n) is 10.4. The number of thiazole rings is 1. The van der Waals surface area contributed by atoms with Crippen LogP contribution in [0, 0.1) is 6.92 Å². The molecule has 3 nitrogen and oxygen atoms in total. The summed E-state index contributed by atoms with van der Waals surface area (Å²) in [6.07, 6.45) is 0. The van der Waals surface area contributed by atoms with Gasteiger partial charge in [0.05, 0.1) is 10.2 Å². The summed E-state index contributed by atoms with van der Waals surface area (Å²) in [7, 11) is 0. The molecular weight excluding hydrogens is 254 g/mol. The lowest BCUT2D eigenvalue weighted by Crippen LogP contribution is -1.87. The van der Waals surface area contributed by atoms with Gasteiger partial charge in [-0.2, -0.15) is 0 Å². The molecule has 0 amide bonds. The smallest absolute Gasteiger partial charge is 0.217 e. The second kappa shape index (κ2) is 3.90. The van der Waals surface area contributed by atoms with E-state index in [4.69, 9.17) is 0 Å². The van der Waals surface area contributed by atoms with Gasteiger partial charge in [0.2, 0.25) is 4.96 Å². The lowest BCUT2D eigenvalue weighted by atomic mass is 10.1. The molecule has 0 aliphatic carbocycles. The first-order chi connectivity index (χ1) is 9.33. The summed E-state index contributed by atoms with van der Waals surface area (Å²) in [5.41, 5.74) is 3.52. The molecule has 0 N–H and O–H groups in total. The second-order valence-corrected chi connectivity index (χ2v) is 5.59.